The SMILES string of the molecule is CCC(C)(C)c1ccc(Nc2ccc(Nc3ccc(N(C)c4ccc(N)cc4)cc3)cc2)cc1. The van der Waals surface area contributed by atoms with Crippen molar-refractivity contribution in [3.8, 4) is 0 Å². The van der Waals surface area contributed by atoms with E-state index in [0.29, 0.717) is 0 Å². The van der Waals surface area contributed by atoms with Gasteiger partial charge in [-0.2, -0.15) is 0 Å². The van der Waals surface area contributed by atoms with E-state index >= 15 is 0 Å². The van der Waals surface area contributed by atoms with Crippen LogP contribution in [0, 0.1) is 0 Å². The van der Waals surface area contributed by atoms with Crippen LogP contribution in [-0.2, 0) is 5.41 Å². The molecule has 0 fully saturated rings. The number of rotatable bonds is 8. The standard InChI is InChI=1S/C30H34N4/c1-5-30(2,3)22-6-10-24(11-7-22)32-25-12-14-26(15-13-25)33-27-16-20-29(21-17-27)34(4)28-18-8-23(31)9-19-28/h6-21,32-33H,5,31H2,1-4H3. The van der Waals surface area contributed by atoms with E-state index in [1.165, 1.54) is 5.56 Å². The molecular formula is C30H34N4. The molecule has 0 bridgehead atoms. The molecule has 0 spiro atoms. The summed E-state index contributed by atoms with van der Waals surface area (Å²) in [5, 5.41) is 6.97. The number of nitrogens with zero attached hydrogens (tertiary/aromatic N) is 1. The van der Waals surface area contributed by atoms with Crippen LogP contribution in [0.3, 0.4) is 0 Å². The minimum Gasteiger partial charge on any atom is -0.399 e. The Labute approximate surface area is 203 Å². The zero-order valence-corrected chi connectivity index (χ0v) is 20.5. The van der Waals surface area contributed by atoms with Crippen LogP contribution in [0.25, 0.3) is 0 Å². The Balaban J connectivity index is 1.36. The van der Waals surface area contributed by atoms with Crippen molar-refractivity contribution in [3.05, 3.63) is 103 Å². The topological polar surface area (TPSA) is 53.3 Å². The molecule has 174 valence electrons. The van der Waals surface area contributed by atoms with Crippen molar-refractivity contribution >= 4 is 39.8 Å². The van der Waals surface area contributed by atoms with Gasteiger partial charge in [-0.05, 0) is 102 Å². The van der Waals surface area contributed by atoms with Crippen molar-refractivity contribution in [2.24, 2.45) is 0 Å². The van der Waals surface area contributed by atoms with Crippen LogP contribution in [0.4, 0.5) is 39.8 Å². The van der Waals surface area contributed by atoms with Crippen LogP contribution in [0.5, 0.6) is 0 Å². The highest BCUT2D eigenvalue weighted by molar-refractivity contribution is 5.69. The van der Waals surface area contributed by atoms with Gasteiger partial charge < -0.3 is 21.3 Å². The molecule has 0 atom stereocenters. The van der Waals surface area contributed by atoms with Crippen LogP contribution >= 0.6 is 0 Å². The van der Waals surface area contributed by atoms with Gasteiger partial charge in [-0.15, -0.1) is 0 Å². The summed E-state index contributed by atoms with van der Waals surface area (Å²) in [6.07, 6.45) is 1.12. The minimum absolute atomic E-state index is 0.204. The van der Waals surface area contributed by atoms with Gasteiger partial charge >= 0.3 is 0 Å². The first-order valence-corrected chi connectivity index (χ1v) is 11.8. The summed E-state index contributed by atoms with van der Waals surface area (Å²) in [6.45, 7) is 6.80. The molecule has 0 saturated carbocycles. The Morgan fingerprint density at radius 3 is 1.38 bits per heavy atom. The van der Waals surface area contributed by atoms with Gasteiger partial charge in [0.25, 0.3) is 0 Å². The fourth-order valence-corrected chi connectivity index (χ4v) is 3.79. The zero-order valence-electron chi connectivity index (χ0n) is 20.5. The molecule has 0 amide bonds. The Kier molecular flexibility index (Phi) is 6.78. The van der Waals surface area contributed by atoms with E-state index < -0.39 is 0 Å². The first-order valence-electron chi connectivity index (χ1n) is 11.8. The molecular weight excluding hydrogens is 416 g/mol. The van der Waals surface area contributed by atoms with Crippen molar-refractivity contribution in [1.82, 2.24) is 0 Å². The summed E-state index contributed by atoms with van der Waals surface area (Å²) in [7, 11) is 2.05. The second-order valence-electron chi connectivity index (χ2n) is 9.34. The van der Waals surface area contributed by atoms with E-state index in [2.05, 4.69) is 116 Å². The number of hydrogen-bond acceptors (Lipinski definition) is 4. The maximum absolute atomic E-state index is 5.80. The highest BCUT2D eigenvalue weighted by Crippen LogP contribution is 2.29. The average molecular weight is 451 g/mol. The van der Waals surface area contributed by atoms with Gasteiger partial charge in [0.2, 0.25) is 0 Å². The fraction of sp³-hybridized carbons (Fsp3) is 0.200. The van der Waals surface area contributed by atoms with Crippen LogP contribution in [0.15, 0.2) is 97.1 Å². The van der Waals surface area contributed by atoms with Crippen LogP contribution < -0.4 is 21.3 Å². The number of nitrogen functional groups attached to an aromatic ring is 1. The lowest BCUT2D eigenvalue weighted by atomic mass is 9.82. The van der Waals surface area contributed by atoms with Gasteiger partial charge in [0.05, 0.1) is 0 Å². The maximum atomic E-state index is 5.80. The first-order chi connectivity index (χ1) is 16.3. The third-order valence-corrected chi connectivity index (χ3v) is 6.55. The van der Waals surface area contributed by atoms with Gasteiger partial charge in [0, 0.05) is 46.9 Å². The second-order valence-corrected chi connectivity index (χ2v) is 9.34. The highest BCUT2D eigenvalue weighted by atomic mass is 15.1. The quantitative estimate of drug-likeness (QED) is 0.237. The predicted octanol–water partition coefficient (Wildman–Crippen LogP) is 8.21. The summed E-state index contributed by atoms with van der Waals surface area (Å²) in [6, 6.07) is 33.4. The summed E-state index contributed by atoms with van der Waals surface area (Å²) >= 11 is 0. The summed E-state index contributed by atoms with van der Waals surface area (Å²) in [5.74, 6) is 0. The second kappa shape index (κ2) is 9.92. The summed E-state index contributed by atoms with van der Waals surface area (Å²) in [5.41, 5.74) is 14.6. The van der Waals surface area contributed by atoms with Crippen molar-refractivity contribution in [2.45, 2.75) is 32.6 Å². The molecule has 4 heteroatoms. The Hall–Kier alpha value is -3.92. The summed E-state index contributed by atoms with van der Waals surface area (Å²) < 4.78 is 0. The van der Waals surface area contributed by atoms with Gasteiger partial charge in [0.1, 0.15) is 0 Å². The number of benzene rings is 4. The zero-order chi connectivity index (χ0) is 24.1. The van der Waals surface area contributed by atoms with E-state index in [-0.39, 0.29) is 5.41 Å². The third-order valence-electron chi connectivity index (χ3n) is 6.55. The molecule has 0 radical (unpaired) electrons. The molecule has 4 N–H and O–H groups in total. The molecule has 0 unspecified atom stereocenters. The van der Waals surface area contributed by atoms with Crippen LogP contribution in [0.2, 0.25) is 0 Å². The molecule has 4 aromatic rings. The molecule has 34 heavy (non-hydrogen) atoms. The largest absolute Gasteiger partial charge is 0.399 e. The van der Waals surface area contributed by atoms with Crippen molar-refractivity contribution in [2.75, 3.05) is 28.3 Å². The van der Waals surface area contributed by atoms with Crippen molar-refractivity contribution in [1.29, 1.82) is 0 Å². The number of hydrogen-bond donors (Lipinski definition) is 3. The maximum Gasteiger partial charge on any atom is 0.0409 e. The van der Waals surface area contributed by atoms with E-state index in [0.717, 1.165) is 46.2 Å². The third kappa shape index (κ3) is 5.52. The molecule has 0 aliphatic carbocycles. The van der Waals surface area contributed by atoms with E-state index in [9.17, 15) is 0 Å². The molecule has 0 aromatic heterocycles. The molecule has 4 aromatic carbocycles. The van der Waals surface area contributed by atoms with Crippen LogP contribution in [-0.4, -0.2) is 7.05 Å². The average Bonchev–Trinajstić information content (AvgIpc) is 2.86. The number of nitrogens with one attached hydrogen (secondary N) is 2. The predicted molar refractivity (Wildman–Crippen MR) is 148 cm³/mol. The molecule has 0 aliphatic heterocycles. The molecule has 0 heterocycles. The highest BCUT2D eigenvalue weighted by Gasteiger charge is 2.17. The normalized spacial score (nSPS) is 11.2. The molecule has 0 saturated heterocycles. The van der Waals surface area contributed by atoms with E-state index in [4.69, 9.17) is 5.73 Å². The Morgan fingerprint density at radius 1 is 0.618 bits per heavy atom. The smallest absolute Gasteiger partial charge is 0.0409 e. The van der Waals surface area contributed by atoms with Gasteiger partial charge in [-0.1, -0.05) is 32.9 Å². The number of anilines is 7. The number of nitrogens with two attached hydrogens (primary N) is 1. The Bertz CT molecular complexity index is 1190. The monoisotopic (exact) mass is 450 g/mol. The lowest BCUT2D eigenvalue weighted by Crippen LogP contribution is -2.15. The Morgan fingerprint density at radius 2 is 0.971 bits per heavy atom. The van der Waals surface area contributed by atoms with Crippen LogP contribution in [0.1, 0.15) is 32.8 Å². The first kappa shape index (κ1) is 23.2. The summed E-state index contributed by atoms with van der Waals surface area (Å²) in [4.78, 5) is 2.14. The lowest BCUT2D eigenvalue weighted by Gasteiger charge is -2.23. The van der Waals surface area contributed by atoms with E-state index in [1.54, 1.807) is 0 Å². The lowest BCUT2D eigenvalue weighted by molar-refractivity contribution is 0.506. The van der Waals surface area contributed by atoms with Gasteiger partial charge in [-0.25, -0.2) is 0 Å². The van der Waals surface area contributed by atoms with Gasteiger partial charge in [-0.3, -0.25) is 0 Å². The van der Waals surface area contributed by atoms with Crippen molar-refractivity contribution < 1.29 is 0 Å². The molecule has 4 nitrogen and oxygen atoms in total. The fourth-order valence-electron chi connectivity index (χ4n) is 3.79. The minimum atomic E-state index is 0.204. The van der Waals surface area contributed by atoms with E-state index in [1.807, 2.05) is 24.3 Å². The molecule has 0 aliphatic rings. The van der Waals surface area contributed by atoms with Crippen molar-refractivity contribution in [3.63, 3.8) is 0 Å². The van der Waals surface area contributed by atoms with Gasteiger partial charge in [0.15, 0.2) is 0 Å². The molecule has 4 rings (SSSR count).